The molecule has 0 spiro atoms. The standard InChI is InChI=1S/C36H41ClF2N8O4/c1-21-30(22(2)47(43-21)17-18-51-4)27-8-7-26(31(38)32(27)39)29-20-41-33(44(29)3)34(48)42-24-5-6-25(28(37)19-24)36(50)46-15-13-45(14-16-46)35(49)23-9-11-40-12-10-23/h5-8,19-20,23,40H,9-18H2,1-4H3,(H,42,48). The van der Waals surface area contributed by atoms with Crippen molar-refractivity contribution in [2.75, 3.05) is 58.3 Å². The third-order valence-corrected chi connectivity index (χ3v) is 10.0. The first-order chi connectivity index (χ1) is 24.5. The quantitative estimate of drug-likeness (QED) is 0.257. The Labute approximate surface area is 299 Å². The summed E-state index contributed by atoms with van der Waals surface area (Å²) < 4.78 is 39.4. The van der Waals surface area contributed by atoms with Crippen molar-refractivity contribution in [1.82, 2.24) is 34.4 Å². The van der Waals surface area contributed by atoms with E-state index in [1.54, 1.807) is 42.7 Å². The number of hydrogen-bond acceptors (Lipinski definition) is 7. The SMILES string of the molecule is COCCn1nc(C)c(-c2ccc(-c3cnc(C(=O)Nc4ccc(C(=O)N5CCN(C(=O)C6CCNCC6)CC5)c(Cl)c4)n3C)c(F)c2F)c1C. The fraction of sp³-hybridized carbons (Fsp3) is 0.417. The average molecular weight is 723 g/mol. The molecule has 2 aliphatic rings. The van der Waals surface area contributed by atoms with Crippen molar-refractivity contribution in [3.63, 3.8) is 0 Å². The molecule has 2 aliphatic heterocycles. The molecule has 12 nitrogen and oxygen atoms in total. The third-order valence-electron chi connectivity index (χ3n) is 9.73. The van der Waals surface area contributed by atoms with Crippen LogP contribution in [0.4, 0.5) is 14.5 Å². The average Bonchev–Trinajstić information content (AvgIpc) is 3.65. The number of methoxy groups -OCH3 is 1. The third kappa shape index (κ3) is 7.26. The zero-order chi connectivity index (χ0) is 36.4. The fourth-order valence-corrected chi connectivity index (χ4v) is 7.14. The molecule has 0 saturated carbocycles. The number of amides is 3. The zero-order valence-corrected chi connectivity index (χ0v) is 29.8. The number of ether oxygens (including phenoxy) is 1. The van der Waals surface area contributed by atoms with E-state index in [-0.39, 0.29) is 51.0 Å². The van der Waals surface area contributed by atoms with Gasteiger partial charge in [-0.3, -0.25) is 19.1 Å². The van der Waals surface area contributed by atoms with Gasteiger partial charge in [0.1, 0.15) is 0 Å². The molecule has 4 aromatic rings. The number of rotatable bonds is 9. The van der Waals surface area contributed by atoms with Gasteiger partial charge in [0.15, 0.2) is 17.5 Å². The Kier molecular flexibility index (Phi) is 10.8. The largest absolute Gasteiger partial charge is 0.383 e. The van der Waals surface area contributed by atoms with Crippen LogP contribution in [-0.2, 0) is 23.1 Å². The molecule has 2 aromatic heterocycles. The molecule has 0 bridgehead atoms. The molecule has 270 valence electrons. The Hall–Kier alpha value is -4.66. The lowest BCUT2D eigenvalue weighted by atomic mass is 9.96. The maximum atomic E-state index is 15.6. The number of carbonyl (C=O) groups is 3. The van der Waals surface area contributed by atoms with E-state index in [2.05, 4.69) is 20.7 Å². The van der Waals surface area contributed by atoms with Crippen molar-refractivity contribution < 1.29 is 27.9 Å². The summed E-state index contributed by atoms with van der Waals surface area (Å²) in [4.78, 5) is 47.2. The van der Waals surface area contributed by atoms with E-state index >= 15 is 8.78 Å². The van der Waals surface area contributed by atoms with Crippen molar-refractivity contribution in [2.24, 2.45) is 13.0 Å². The van der Waals surface area contributed by atoms with Crippen molar-refractivity contribution in [3.8, 4) is 22.4 Å². The maximum absolute atomic E-state index is 15.6. The molecule has 0 radical (unpaired) electrons. The number of aryl methyl sites for hydroxylation is 1. The van der Waals surface area contributed by atoms with Crippen LogP contribution in [0.3, 0.4) is 0 Å². The highest BCUT2D eigenvalue weighted by atomic mass is 35.5. The predicted octanol–water partition coefficient (Wildman–Crippen LogP) is 4.68. The number of anilines is 1. The van der Waals surface area contributed by atoms with E-state index in [9.17, 15) is 14.4 Å². The van der Waals surface area contributed by atoms with E-state index in [0.29, 0.717) is 62.0 Å². The fourth-order valence-electron chi connectivity index (χ4n) is 6.87. The molecule has 2 aromatic carbocycles. The summed E-state index contributed by atoms with van der Waals surface area (Å²) in [7, 11) is 3.11. The molecule has 15 heteroatoms. The number of nitrogens with one attached hydrogen (secondary N) is 2. The van der Waals surface area contributed by atoms with Crippen molar-refractivity contribution in [3.05, 3.63) is 76.0 Å². The number of halogens is 3. The first kappa shape index (κ1) is 36.1. The topological polar surface area (TPSA) is 127 Å². The summed E-state index contributed by atoms with van der Waals surface area (Å²) in [5, 5.41) is 10.6. The normalized spacial score (nSPS) is 15.4. The first-order valence-corrected chi connectivity index (χ1v) is 17.3. The number of carbonyl (C=O) groups excluding carboxylic acids is 3. The van der Waals surface area contributed by atoms with Crippen LogP contribution in [0.25, 0.3) is 22.4 Å². The van der Waals surface area contributed by atoms with Gasteiger partial charge in [-0.05, 0) is 64.0 Å². The van der Waals surface area contributed by atoms with E-state index < -0.39 is 17.5 Å². The van der Waals surface area contributed by atoms with E-state index in [1.165, 1.54) is 36.0 Å². The molecule has 51 heavy (non-hydrogen) atoms. The molecule has 2 saturated heterocycles. The minimum absolute atomic E-state index is 0.0293. The zero-order valence-electron chi connectivity index (χ0n) is 29.1. The van der Waals surface area contributed by atoms with Crippen molar-refractivity contribution in [1.29, 1.82) is 0 Å². The van der Waals surface area contributed by atoms with Crippen LogP contribution >= 0.6 is 11.6 Å². The Morgan fingerprint density at radius 3 is 2.35 bits per heavy atom. The van der Waals surface area contributed by atoms with E-state index in [0.717, 1.165) is 25.9 Å². The van der Waals surface area contributed by atoms with Gasteiger partial charge in [0.2, 0.25) is 5.91 Å². The summed E-state index contributed by atoms with van der Waals surface area (Å²) in [6.45, 7) is 7.84. The minimum atomic E-state index is -1.08. The summed E-state index contributed by atoms with van der Waals surface area (Å²) in [5.74, 6) is -2.84. The lowest BCUT2D eigenvalue weighted by Gasteiger charge is -2.37. The van der Waals surface area contributed by atoms with Gasteiger partial charge in [-0.15, -0.1) is 0 Å². The Balaban J connectivity index is 1.12. The highest BCUT2D eigenvalue weighted by Crippen LogP contribution is 2.35. The first-order valence-electron chi connectivity index (χ1n) is 16.9. The van der Waals surface area contributed by atoms with Crippen LogP contribution in [-0.4, -0.2) is 99.8 Å². The number of nitrogens with zero attached hydrogens (tertiary/aromatic N) is 6. The van der Waals surface area contributed by atoms with Gasteiger partial charge in [0, 0.05) is 74.3 Å². The van der Waals surface area contributed by atoms with Gasteiger partial charge in [-0.2, -0.15) is 5.10 Å². The van der Waals surface area contributed by atoms with Crippen molar-refractivity contribution in [2.45, 2.75) is 33.2 Å². The van der Waals surface area contributed by atoms with E-state index in [1.807, 2.05) is 4.90 Å². The number of imidazole rings is 1. The molecule has 3 amide bonds. The maximum Gasteiger partial charge on any atom is 0.291 e. The van der Waals surface area contributed by atoms with Crippen molar-refractivity contribution >= 4 is 35.0 Å². The number of aromatic nitrogens is 4. The number of benzene rings is 2. The van der Waals surface area contributed by atoms with E-state index in [4.69, 9.17) is 16.3 Å². The van der Waals surface area contributed by atoms with Gasteiger partial charge in [0.25, 0.3) is 11.8 Å². The molecule has 0 atom stereocenters. The summed E-state index contributed by atoms with van der Waals surface area (Å²) in [6.07, 6.45) is 2.96. The minimum Gasteiger partial charge on any atom is -0.383 e. The number of piperazine rings is 1. The lowest BCUT2D eigenvalue weighted by molar-refractivity contribution is -0.137. The molecule has 0 unspecified atom stereocenters. The number of piperidine rings is 1. The summed E-state index contributed by atoms with van der Waals surface area (Å²) in [5.41, 5.74) is 2.57. The Morgan fingerprint density at radius 1 is 1.00 bits per heavy atom. The van der Waals surface area contributed by atoms with Gasteiger partial charge >= 0.3 is 0 Å². The van der Waals surface area contributed by atoms with Crippen LogP contribution in [0.15, 0.2) is 36.5 Å². The highest BCUT2D eigenvalue weighted by molar-refractivity contribution is 6.34. The molecular formula is C36H41ClF2N8O4. The smallest absolute Gasteiger partial charge is 0.291 e. The van der Waals surface area contributed by atoms with Crippen LogP contribution < -0.4 is 10.6 Å². The van der Waals surface area contributed by atoms with Crippen LogP contribution in [0.1, 0.15) is 45.2 Å². The summed E-state index contributed by atoms with van der Waals surface area (Å²) in [6, 6.07) is 7.54. The second-order valence-corrected chi connectivity index (χ2v) is 13.3. The second kappa shape index (κ2) is 15.3. The molecule has 6 rings (SSSR count). The molecule has 2 N–H and O–H groups in total. The van der Waals surface area contributed by atoms with Gasteiger partial charge in [0.05, 0.1) is 41.3 Å². The second-order valence-electron chi connectivity index (χ2n) is 12.9. The Morgan fingerprint density at radius 2 is 1.67 bits per heavy atom. The van der Waals surface area contributed by atoms with Gasteiger partial charge in [-0.1, -0.05) is 17.7 Å². The number of hydrogen-bond donors (Lipinski definition) is 2. The van der Waals surface area contributed by atoms with Crippen LogP contribution in [0.2, 0.25) is 5.02 Å². The molecule has 0 aliphatic carbocycles. The highest BCUT2D eigenvalue weighted by Gasteiger charge is 2.31. The summed E-state index contributed by atoms with van der Waals surface area (Å²) >= 11 is 6.52. The molecule has 2 fully saturated rings. The molecule has 4 heterocycles. The molecular weight excluding hydrogens is 682 g/mol. The predicted molar refractivity (Wildman–Crippen MR) is 189 cm³/mol. The van der Waals surface area contributed by atoms with Gasteiger partial charge < -0.3 is 29.7 Å². The van der Waals surface area contributed by atoms with Crippen LogP contribution in [0, 0.1) is 31.4 Å². The van der Waals surface area contributed by atoms with Gasteiger partial charge in [-0.25, -0.2) is 13.8 Å². The Bertz CT molecular complexity index is 1960. The monoisotopic (exact) mass is 722 g/mol. The van der Waals surface area contributed by atoms with Crippen LogP contribution in [0.5, 0.6) is 0 Å². The lowest BCUT2D eigenvalue weighted by Crippen LogP contribution is -2.52.